The number of carbonyl (C=O) groups excluding carboxylic acids is 2. The molecule has 1 unspecified atom stereocenters. The topological polar surface area (TPSA) is 83.8 Å². The van der Waals surface area contributed by atoms with E-state index in [0.29, 0.717) is 17.7 Å². The van der Waals surface area contributed by atoms with Gasteiger partial charge in [-0.3, -0.25) is 13.9 Å². The highest BCUT2D eigenvalue weighted by Gasteiger charge is 2.44. The van der Waals surface area contributed by atoms with Crippen molar-refractivity contribution in [3.63, 3.8) is 0 Å². The normalized spacial score (nSPS) is 18.7. The standard InChI is InChI=1S/C15H22NO6P/c1-15(2,3)22-14(18)16-9-8-10-11(16)6-7-12(13(10)17)23(19,20-4)21-5/h8-9,12H,6-7H2,1-5H3. The number of aromatic nitrogens is 1. The van der Waals surface area contributed by atoms with Crippen LogP contribution in [0.1, 0.15) is 43.2 Å². The van der Waals surface area contributed by atoms with Crippen LogP contribution in [0, 0.1) is 0 Å². The van der Waals surface area contributed by atoms with Crippen molar-refractivity contribution in [3.05, 3.63) is 23.5 Å². The Morgan fingerprint density at radius 3 is 2.43 bits per heavy atom. The minimum atomic E-state index is -3.49. The molecule has 1 aliphatic rings. The molecule has 0 aromatic carbocycles. The van der Waals surface area contributed by atoms with Crippen molar-refractivity contribution < 1.29 is 27.9 Å². The molecule has 0 aliphatic heterocycles. The van der Waals surface area contributed by atoms with Gasteiger partial charge in [-0.2, -0.15) is 0 Å². The quantitative estimate of drug-likeness (QED) is 0.783. The van der Waals surface area contributed by atoms with Crippen LogP contribution in [-0.4, -0.2) is 41.9 Å². The van der Waals surface area contributed by atoms with E-state index in [2.05, 4.69) is 0 Å². The summed E-state index contributed by atoms with van der Waals surface area (Å²) in [6, 6.07) is 1.55. The van der Waals surface area contributed by atoms with Crippen LogP contribution >= 0.6 is 7.60 Å². The van der Waals surface area contributed by atoms with Crippen LogP contribution in [0.5, 0.6) is 0 Å². The third-order valence-electron chi connectivity index (χ3n) is 3.70. The van der Waals surface area contributed by atoms with Gasteiger partial charge in [0.15, 0.2) is 5.78 Å². The molecule has 0 bridgehead atoms. The Hall–Kier alpha value is -1.43. The maximum atomic E-state index is 12.6. The van der Waals surface area contributed by atoms with Gasteiger partial charge in [0.05, 0.1) is 0 Å². The van der Waals surface area contributed by atoms with Gasteiger partial charge in [0.25, 0.3) is 0 Å². The lowest BCUT2D eigenvalue weighted by Gasteiger charge is -2.27. The van der Waals surface area contributed by atoms with Crippen LogP contribution in [0.25, 0.3) is 0 Å². The Kier molecular flexibility index (Phi) is 4.85. The molecule has 2 rings (SSSR count). The molecular weight excluding hydrogens is 321 g/mol. The van der Waals surface area contributed by atoms with Crippen molar-refractivity contribution in [1.29, 1.82) is 0 Å². The molecule has 0 spiro atoms. The lowest BCUT2D eigenvalue weighted by Crippen LogP contribution is -2.32. The van der Waals surface area contributed by atoms with E-state index in [4.69, 9.17) is 13.8 Å². The number of Topliss-reactive ketones (excluding diaryl/α,β-unsaturated/α-hetero) is 1. The SMILES string of the molecule is COP(=O)(OC)C1CCc2c(ccn2C(=O)OC(C)(C)C)C1=O. The molecule has 1 aromatic heterocycles. The summed E-state index contributed by atoms with van der Waals surface area (Å²) in [6.45, 7) is 5.32. The number of carbonyl (C=O) groups is 2. The van der Waals surface area contributed by atoms with Gasteiger partial charge in [-0.15, -0.1) is 0 Å². The maximum absolute atomic E-state index is 12.6. The number of hydrogen-bond donors (Lipinski definition) is 0. The lowest BCUT2D eigenvalue weighted by molar-refractivity contribution is 0.0532. The average Bonchev–Trinajstić information content (AvgIpc) is 2.90. The number of nitrogens with zero attached hydrogens (tertiary/aromatic N) is 1. The van der Waals surface area contributed by atoms with Gasteiger partial charge in [-0.25, -0.2) is 4.79 Å². The number of hydrogen-bond acceptors (Lipinski definition) is 6. The fourth-order valence-electron chi connectivity index (χ4n) is 2.64. The monoisotopic (exact) mass is 343 g/mol. The highest BCUT2D eigenvalue weighted by molar-refractivity contribution is 7.55. The molecular formula is C15H22NO6P. The number of ketones is 1. The molecule has 0 saturated carbocycles. The molecule has 8 heteroatoms. The number of rotatable bonds is 3. The van der Waals surface area contributed by atoms with E-state index >= 15 is 0 Å². The molecule has 1 aliphatic carbocycles. The zero-order chi connectivity index (χ0) is 17.4. The van der Waals surface area contributed by atoms with E-state index in [1.807, 2.05) is 0 Å². The molecule has 1 aromatic rings. The minimum Gasteiger partial charge on any atom is -0.443 e. The largest absolute Gasteiger partial charge is 0.443 e. The maximum Gasteiger partial charge on any atom is 0.418 e. The summed E-state index contributed by atoms with van der Waals surface area (Å²) in [4.78, 5) is 24.8. The van der Waals surface area contributed by atoms with Crippen LogP contribution in [0.3, 0.4) is 0 Å². The van der Waals surface area contributed by atoms with Gasteiger partial charge in [0.2, 0.25) is 0 Å². The first-order chi connectivity index (χ1) is 10.6. The van der Waals surface area contributed by atoms with E-state index in [9.17, 15) is 14.2 Å². The molecule has 128 valence electrons. The highest BCUT2D eigenvalue weighted by Crippen LogP contribution is 2.55. The molecule has 0 N–H and O–H groups in total. The Balaban J connectivity index is 2.32. The first kappa shape index (κ1) is 17.9. The molecule has 0 amide bonds. The van der Waals surface area contributed by atoms with Crippen LogP contribution in [0.4, 0.5) is 4.79 Å². The van der Waals surface area contributed by atoms with E-state index < -0.39 is 24.9 Å². The Bertz CT molecular complexity index is 664. The van der Waals surface area contributed by atoms with E-state index in [1.165, 1.54) is 25.0 Å². The summed E-state index contributed by atoms with van der Waals surface area (Å²) < 4.78 is 29.0. The summed E-state index contributed by atoms with van der Waals surface area (Å²) in [5.41, 5.74) is -0.544. The summed E-state index contributed by atoms with van der Waals surface area (Å²) in [6.07, 6.45) is 1.67. The fraction of sp³-hybridized carbons (Fsp3) is 0.600. The molecule has 1 heterocycles. The van der Waals surface area contributed by atoms with E-state index in [0.717, 1.165) is 0 Å². The average molecular weight is 343 g/mol. The molecule has 23 heavy (non-hydrogen) atoms. The number of fused-ring (bicyclic) bond motifs is 1. The zero-order valence-electron chi connectivity index (χ0n) is 14.0. The molecule has 1 atom stereocenters. The molecule has 7 nitrogen and oxygen atoms in total. The Labute approximate surface area is 135 Å². The summed E-state index contributed by atoms with van der Waals surface area (Å²) in [5.74, 6) is -0.333. The summed E-state index contributed by atoms with van der Waals surface area (Å²) >= 11 is 0. The number of ether oxygens (including phenoxy) is 1. The first-order valence-electron chi connectivity index (χ1n) is 7.32. The second kappa shape index (κ2) is 6.23. The van der Waals surface area contributed by atoms with Crippen LogP contribution in [-0.2, 0) is 24.8 Å². The van der Waals surface area contributed by atoms with Crippen molar-refractivity contribution >= 4 is 19.5 Å². The van der Waals surface area contributed by atoms with E-state index in [-0.39, 0.29) is 12.2 Å². The zero-order valence-corrected chi connectivity index (χ0v) is 14.9. The lowest BCUT2D eigenvalue weighted by atomic mass is 9.96. The van der Waals surface area contributed by atoms with Crippen molar-refractivity contribution in [2.24, 2.45) is 0 Å². The second-order valence-electron chi connectivity index (χ2n) is 6.35. The van der Waals surface area contributed by atoms with Crippen LogP contribution in [0.15, 0.2) is 12.3 Å². The van der Waals surface area contributed by atoms with Crippen LogP contribution in [0.2, 0.25) is 0 Å². The second-order valence-corrected chi connectivity index (χ2v) is 8.78. The third kappa shape index (κ3) is 3.42. The first-order valence-corrected chi connectivity index (χ1v) is 8.93. The molecule has 0 fully saturated rings. The van der Waals surface area contributed by atoms with Gasteiger partial charge in [-0.1, -0.05) is 0 Å². The van der Waals surface area contributed by atoms with Crippen molar-refractivity contribution in [2.75, 3.05) is 14.2 Å². The summed E-state index contributed by atoms with van der Waals surface area (Å²) in [7, 11) is -0.966. The Morgan fingerprint density at radius 1 is 1.30 bits per heavy atom. The predicted molar refractivity (Wildman–Crippen MR) is 84.1 cm³/mol. The van der Waals surface area contributed by atoms with Gasteiger partial charge in [0, 0.05) is 31.7 Å². The van der Waals surface area contributed by atoms with Crippen molar-refractivity contribution in [3.8, 4) is 0 Å². The van der Waals surface area contributed by atoms with Gasteiger partial charge in [-0.05, 0) is 39.7 Å². The minimum absolute atomic E-state index is 0.289. The van der Waals surface area contributed by atoms with Gasteiger partial charge >= 0.3 is 13.7 Å². The molecule has 0 saturated heterocycles. The highest BCUT2D eigenvalue weighted by atomic mass is 31.2. The molecule has 0 radical (unpaired) electrons. The van der Waals surface area contributed by atoms with Crippen molar-refractivity contribution in [1.82, 2.24) is 4.57 Å². The van der Waals surface area contributed by atoms with Crippen molar-refractivity contribution in [2.45, 2.75) is 44.9 Å². The smallest absolute Gasteiger partial charge is 0.418 e. The van der Waals surface area contributed by atoms with Crippen LogP contribution < -0.4 is 0 Å². The van der Waals surface area contributed by atoms with E-state index in [1.54, 1.807) is 26.8 Å². The fourth-order valence-corrected chi connectivity index (χ4v) is 4.17. The predicted octanol–water partition coefficient (Wildman–Crippen LogP) is 3.25. The van der Waals surface area contributed by atoms with Gasteiger partial charge < -0.3 is 13.8 Å². The Morgan fingerprint density at radius 2 is 1.91 bits per heavy atom. The third-order valence-corrected chi connectivity index (χ3v) is 5.97. The van der Waals surface area contributed by atoms with Gasteiger partial charge in [0.1, 0.15) is 11.3 Å². The summed E-state index contributed by atoms with van der Waals surface area (Å²) in [5, 5.41) is 0.